The molecule has 5 heteroatoms. The van der Waals surface area contributed by atoms with Gasteiger partial charge in [-0.3, -0.25) is 0 Å². The standard InChI is InChI=1S/C9H11N3OS/c1-7-11-5-9(14-7)4-10-2-8-3-12-13-6-8/h3,5-6,10H,2,4H2,1H3. The van der Waals surface area contributed by atoms with Gasteiger partial charge in [0.2, 0.25) is 0 Å². The number of nitrogens with zero attached hydrogens (tertiary/aromatic N) is 2. The quantitative estimate of drug-likeness (QED) is 0.833. The molecule has 0 saturated heterocycles. The van der Waals surface area contributed by atoms with E-state index in [1.54, 1.807) is 23.8 Å². The van der Waals surface area contributed by atoms with Crippen LogP contribution in [0.4, 0.5) is 0 Å². The average molecular weight is 209 g/mol. The average Bonchev–Trinajstić information content (AvgIpc) is 2.77. The van der Waals surface area contributed by atoms with E-state index in [0.29, 0.717) is 0 Å². The Hall–Kier alpha value is -1.20. The lowest BCUT2D eigenvalue weighted by atomic mass is 10.3. The van der Waals surface area contributed by atoms with E-state index < -0.39 is 0 Å². The highest BCUT2D eigenvalue weighted by Crippen LogP contribution is 2.10. The van der Waals surface area contributed by atoms with Crippen molar-refractivity contribution in [2.24, 2.45) is 0 Å². The zero-order valence-corrected chi connectivity index (χ0v) is 8.67. The van der Waals surface area contributed by atoms with E-state index in [4.69, 9.17) is 4.52 Å². The number of hydrogen-bond donors (Lipinski definition) is 1. The van der Waals surface area contributed by atoms with E-state index in [1.165, 1.54) is 4.88 Å². The summed E-state index contributed by atoms with van der Waals surface area (Å²) in [4.78, 5) is 5.43. The fourth-order valence-corrected chi connectivity index (χ4v) is 1.90. The first-order valence-electron chi connectivity index (χ1n) is 4.35. The first kappa shape index (κ1) is 9.36. The molecule has 14 heavy (non-hydrogen) atoms. The van der Waals surface area contributed by atoms with Crippen molar-refractivity contribution in [1.29, 1.82) is 0 Å². The van der Waals surface area contributed by atoms with Gasteiger partial charge in [0.15, 0.2) is 0 Å². The van der Waals surface area contributed by atoms with Gasteiger partial charge in [-0.05, 0) is 6.92 Å². The van der Waals surface area contributed by atoms with Crippen LogP contribution in [-0.4, -0.2) is 10.1 Å². The third-order valence-corrected chi connectivity index (χ3v) is 2.69. The summed E-state index contributed by atoms with van der Waals surface area (Å²) in [5.74, 6) is 0. The Bertz CT molecular complexity index is 382. The van der Waals surface area contributed by atoms with Gasteiger partial charge >= 0.3 is 0 Å². The number of rotatable bonds is 4. The van der Waals surface area contributed by atoms with Crippen LogP contribution < -0.4 is 5.32 Å². The second-order valence-electron chi connectivity index (χ2n) is 2.98. The Kier molecular flexibility index (Phi) is 2.90. The zero-order chi connectivity index (χ0) is 9.80. The summed E-state index contributed by atoms with van der Waals surface area (Å²) in [5, 5.41) is 8.02. The normalized spacial score (nSPS) is 10.6. The first-order valence-corrected chi connectivity index (χ1v) is 5.16. The third-order valence-electron chi connectivity index (χ3n) is 1.78. The number of hydrogen-bond acceptors (Lipinski definition) is 5. The highest BCUT2D eigenvalue weighted by Gasteiger charge is 1.98. The maximum Gasteiger partial charge on any atom is 0.128 e. The van der Waals surface area contributed by atoms with Crippen LogP contribution in [0.3, 0.4) is 0 Å². The van der Waals surface area contributed by atoms with Gasteiger partial charge < -0.3 is 9.84 Å². The van der Waals surface area contributed by atoms with Crippen LogP contribution in [0.2, 0.25) is 0 Å². The molecule has 2 aromatic rings. The molecule has 0 aliphatic heterocycles. The van der Waals surface area contributed by atoms with Crippen LogP contribution >= 0.6 is 11.3 Å². The van der Waals surface area contributed by atoms with E-state index in [2.05, 4.69) is 15.5 Å². The molecule has 74 valence electrons. The van der Waals surface area contributed by atoms with Gasteiger partial charge in [-0.15, -0.1) is 11.3 Å². The molecule has 0 aliphatic carbocycles. The Labute approximate surface area is 86.0 Å². The maximum absolute atomic E-state index is 4.72. The van der Waals surface area contributed by atoms with Gasteiger partial charge in [0, 0.05) is 29.7 Å². The predicted molar refractivity (Wildman–Crippen MR) is 53.9 cm³/mol. The molecule has 0 fully saturated rings. The van der Waals surface area contributed by atoms with Gasteiger partial charge in [-0.1, -0.05) is 5.16 Å². The Morgan fingerprint density at radius 2 is 2.36 bits per heavy atom. The van der Waals surface area contributed by atoms with E-state index >= 15 is 0 Å². The number of aromatic nitrogens is 2. The van der Waals surface area contributed by atoms with Gasteiger partial charge in [-0.25, -0.2) is 4.98 Å². The van der Waals surface area contributed by atoms with E-state index in [-0.39, 0.29) is 0 Å². The molecule has 2 aromatic heterocycles. The predicted octanol–water partition coefficient (Wildman–Crippen LogP) is 1.73. The lowest BCUT2D eigenvalue weighted by Gasteiger charge is -1.98. The molecule has 0 saturated carbocycles. The van der Waals surface area contributed by atoms with Crippen molar-refractivity contribution in [2.75, 3.05) is 0 Å². The van der Waals surface area contributed by atoms with E-state index in [1.807, 2.05) is 13.1 Å². The smallest absolute Gasteiger partial charge is 0.128 e. The van der Waals surface area contributed by atoms with Crippen LogP contribution in [-0.2, 0) is 13.1 Å². The Morgan fingerprint density at radius 3 is 3.00 bits per heavy atom. The molecule has 2 rings (SSSR count). The molecule has 1 N–H and O–H groups in total. The summed E-state index contributed by atoms with van der Waals surface area (Å²) in [7, 11) is 0. The molecular weight excluding hydrogens is 198 g/mol. The summed E-state index contributed by atoms with van der Waals surface area (Å²) in [6.45, 7) is 3.63. The van der Waals surface area contributed by atoms with Crippen LogP contribution in [0.5, 0.6) is 0 Å². The van der Waals surface area contributed by atoms with Crippen molar-refractivity contribution in [1.82, 2.24) is 15.5 Å². The number of aryl methyl sites for hydroxylation is 1. The minimum absolute atomic E-state index is 0.778. The van der Waals surface area contributed by atoms with Gasteiger partial charge in [-0.2, -0.15) is 0 Å². The van der Waals surface area contributed by atoms with Crippen LogP contribution in [0.25, 0.3) is 0 Å². The molecule has 0 atom stereocenters. The molecule has 0 unspecified atom stereocenters. The largest absolute Gasteiger partial charge is 0.364 e. The van der Waals surface area contributed by atoms with Crippen molar-refractivity contribution in [3.05, 3.63) is 34.1 Å². The van der Waals surface area contributed by atoms with Crippen molar-refractivity contribution < 1.29 is 4.52 Å². The Balaban J connectivity index is 1.78. The van der Waals surface area contributed by atoms with Gasteiger partial charge in [0.1, 0.15) is 6.26 Å². The SMILES string of the molecule is Cc1ncc(CNCc2cnoc2)s1. The molecule has 0 bridgehead atoms. The molecule has 0 aromatic carbocycles. The van der Waals surface area contributed by atoms with Crippen LogP contribution in [0, 0.1) is 6.92 Å². The minimum Gasteiger partial charge on any atom is -0.364 e. The molecule has 0 amide bonds. The third kappa shape index (κ3) is 2.40. The highest BCUT2D eigenvalue weighted by atomic mass is 32.1. The summed E-state index contributed by atoms with van der Waals surface area (Å²) in [6, 6.07) is 0. The fourth-order valence-electron chi connectivity index (χ4n) is 1.13. The minimum atomic E-state index is 0.778. The first-order chi connectivity index (χ1) is 6.84. The summed E-state index contributed by atoms with van der Waals surface area (Å²) in [6.07, 6.45) is 5.26. The monoisotopic (exact) mass is 209 g/mol. The van der Waals surface area contributed by atoms with Crippen molar-refractivity contribution >= 4 is 11.3 Å². The molecule has 2 heterocycles. The maximum atomic E-state index is 4.72. The summed E-state index contributed by atoms with van der Waals surface area (Å²) < 4.78 is 4.72. The fraction of sp³-hybridized carbons (Fsp3) is 0.333. The number of thiazole rings is 1. The summed E-state index contributed by atoms with van der Waals surface area (Å²) >= 11 is 1.71. The van der Waals surface area contributed by atoms with Crippen molar-refractivity contribution in [2.45, 2.75) is 20.0 Å². The van der Waals surface area contributed by atoms with Crippen molar-refractivity contribution in [3.63, 3.8) is 0 Å². The van der Waals surface area contributed by atoms with Crippen LogP contribution in [0.1, 0.15) is 15.4 Å². The van der Waals surface area contributed by atoms with E-state index in [9.17, 15) is 0 Å². The van der Waals surface area contributed by atoms with E-state index in [0.717, 1.165) is 23.7 Å². The van der Waals surface area contributed by atoms with Crippen molar-refractivity contribution in [3.8, 4) is 0 Å². The van der Waals surface area contributed by atoms with Crippen LogP contribution in [0.15, 0.2) is 23.2 Å². The number of nitrogens with one attached hydrogen (secondary N) is 1. The second-order valence-corrected chi connectivity index (χ2v) is 4.30. The summed E-state index contributed by atoms with van der Waals surface area (Å²) in [5.41, 5.74) is 1.06. The second kappa shape index (κ2) is 4.34. The lowest BCUT2D eigenvalue weighted by Crippen LogP contribution is -2.10. The zero-order valence-electron chi connectivity index (χ0n) is 7.86. The van der Waals surface area contributed by atoms with Gasteiger partial charge in [0.05, 0.1) is 11.2 Å². The lowest BCUT2D eigenvalue weighted by molar-refractivity contribution is 0.418. The molecule has 0 aliphatic rings. The topological polar surface area (TPSA) is 51.0 Å². The molecule has 0 spiro atoms. The molecule has 4 nitrogen and oxygen atoms in total. The molecular formula is C9H11N3OS. The molecule has 0 radical (unpaired) electrons. The highest BCUT2D eigenvalue weighted by molar-refractivity contribution is 7.11. The van der Waals surface area contributed by atoms with Gasteiger partial charge in [0.25, 0.3) is 0 Å². The Morgan fingerprint density at radius 1 is 1.43 bits per heavy atom.